The van der Waals surface area contributed by atoms with E-state index in [4.69, 9.17) is 10.0 Å². The molecular formula is C48H36BBrN2O2. The molecule has 4 nitrogen and oxygen atoms in total. The van der Waals surface area contributed by atoms with Crippen LogP contribution in [0.4, 0.5) is 0 Å². The Bertz CT molecular complexity index is 2800. The van der Waals surface area contributed by atoms with Crippen molar-refractivity contribution in [3.63, 3.8) is 0 Å². The number of fused-ring (bicyclic) bond motifs is 6. The van der Waals surface area contributed by atoms with Crippen LogP contribution in [0.15, 0.2) is 199 Å². The largest absolute Gasteiger partial charge is 0.488 e. The van der Waals surface area contributed by atoms with E-state index >= 15 is 0 Å². The Balaban J connectivity index is 0.000000123. The van der Waals surface area contributed by atoms with Gasteiger partial charge in [-0.25, -0.2) is 0 Å². The van der Waals surface area contributed by atoms with Crippen LogP contribution < -0.4 is 5.46 Å². The summed E-state index contributed by atoms with van der Waals surface area (Å²) in [6.45, 7) is 0. The van der Waals surface area contributed by atoms with Crippen LogP contribution in [0.1, 0.15) is 0 Å². The summed E-state index contributed by atoms with van der Waals surface area (Å²) >= 11 is 3.49. The van der Waals surface area contributed by atoms with E-state index in [-0.39, 0.29) is 0 Å². The molecule has 260 valence electrons. The lowest BCUT2D eigenvalue weighted by Gasteiger charge is -2.05. The summed E-state index contributed by atoms with van der Waals surface area (Å²) in [5, 5.41) is 23.0. The number of halogens is 1. The van der Waals surface area contributed by atoms with Gasteiger partial charge in [-0.05, 0) is 81.3 Å². The van der Waals surface area contributed by atoms with Gasteiger partial charge in [-0.2, -0.15) is 0 Å². The average molecular weight is 764 g/mol. The molecule has 0 unspecified atom stereocenters. The van der Waals surface area contributed by atoms with Crippen LogP contribution in [0.2, 0.25) is 0 Å². The van der Waals surface area contributed by atoms with Gasteiger partial charge >= 0.3 is 7.12 Å². The van der Waals surface area contributed by atoms with Crippen LogP contribution in [-0.4, -0.2) is 27.1 Å². The maximum atomic E-state index is 8.94. The molecule has 0 spiro atoms. The second kappa shape index (κ2) is 15.8. The summed E-state index contributed by atoms with van der Waals surface area (Å²) < 4.78 is 1.12. The zero-order valence-corrected chi connectivity index (χ0v) is 30.9. The van der Waals surface area contributed by atoms with Gasteiger partial charge in [-0.15, -0.1) is 0 Å². The third-order valence-electron chi connectivity index (χ3n) is 9.62. The van der Waals surface area contributed by atoms with Gasteiger partial charge in [-0.1, -0.05) is 168 Å². The summed E-state index contributed by atoms with van der Waals surface area (Å²) in [5.74, 6) is 0. The van der Waals surface area contributed by atoms with Gasteiger partial charge < -0.3 is 20.0 Å². The fraction of sp³-hybridized carbons (Fsp3) is 0. The highest BCUT2D eigenvalue weighted by atomic mass is 79.9. The second-order valence-electron chi connectivity index (χ2n) is 13.1. The summed E-state index contributed by atoms with van der Waals surface area (Å²) in [4.78, 5) is 6.87. The zero-order chi connectivity index (χ0) is 36.9. The van der Waals surface area contributed by atoms with E-state index in [1.165, 1.54) is 65.9 Å². The van der Waals surface area contributed by atoms with E-state index < -0.39 is 7.12 Å². The van der Waals surface area contributed by atoms with Gasteiger partial charge in [0.25, 0.3) is 0 Å². The van der Waals surface area contributed by atoms with Crippen molar-refractivity contribution in [3.05, 3.63) is 199 Å². The highest BCUT2D eigenvalue weighted by molar-refractivity contribution is 9.10. The Morgan fingerprint density at radius 3 is 1.22 bits per heavy atom. The number of nitrogens with one attached hydrogen (secondary N) is 2. The lowest BCUT2D eigenvalue weighted by Crippen LogP contribution is -2.29. The molecule has 54 heavy (non-hydrogen) atoms. The van der Waals surface area contributed by atoms with Crippen molar-refractivity contribution in [1.29, 1.82) is 0 Å². The number of aromatic nitrogens is 2. The number of benzene rings is 8. The molecule has 0 bridgehead atoms. The van der Waals surface area contributed by atoms with Crippen LogP contribution in [0, 0.1) is 0 Å². The fourth-order valence-corrected chi connectivity index (χ4v) is 7.17. The van der Waals surface area contributed by atoms with Crippen molar-refractivity contribution in [3.8, 4) is 33.4 Å². The van der Waals surface area contributed by atoms with Crippen molar-refractivity contribution in [2.75, 3.05) is 0 Å². The molecular weight excluding hydrogens is 727 g/mol. The van der Waals surface area contributed by atoms with Crippen molar-refractivity contribution in [2.45, 2.75) is 0 Å². The highest BCUT2D eigenvalue weighted by Gasteiger charge is 2.10. The van der Waals surface area contributed by atoms with E-state index in [9.17, 15) is 0 Å². The summed E-state index contributed by atoms with van der Waals surface area (Å²) in [5.41, 5.74) is 12.4. The van der Waals surface area contributed by atoms with E-state index in [0.717, 1.165) is 15.6 Å². The lowest BCUT2D eigenvalue weighted by atomic mass is 9.80. The first kappa shape index (κ1) is 34.9. The van der Waals surface area contributed by atoms with Gasteiger partial charge in [0.2, 0.25) is 0 Å². The minimum atomic E-state index is -1.39. The van der Waals surface area contributed by atoms with E-state index in [0.29, 0.717) is 5.46 Å². The van der Waals surface area contributed by atoms with Gasteiger partial charge in [-0.3, -0.25) is 0 Å². The van der Waals surface area contributed by atoms with E-state index in [2.05, 4.69) is 153 Å². The van der Waals surface area contributed by atoms with Crippen LogP contribution >= 0.6 is 15.9 Å². The standard InChI is InChI=1S/C24H17N.C12H11BO2.C12H8BrN/c1-2-6-17(7-3-1)18-10-12-19(13-11-18)20-14-15-24-22(16-20)21-8-4-5-9-23(21)25-24;14-13(15)12-8-6-11(7-9-12)10-4-2-1-3-5-10;13-8-5-6-12-10(7-8)9-3-1-2-4-11(9)14-12/h1-16,25H;1-9,14-15H;1-7,14H. The molecule has 6 heteroatoms. The molecule has 0 aliphatic heterocycles. The maximum Gasteiger partial charge on any atom is 0.488 e. The van der Waals surface area contributed by atoms with Crippen molar-refractivity contribution >= 4 is 72.1 Å². The zero-order valence-electron chi connectivity index (χ0n) is 29.3. The first-order valence-corrected chi connectivity index (χ1v) is 18.6. The monoisotopic (exact) mass is 762 g/mol. The maximum absolute atomic E-state index is 8.94. The molecule has 10 aromatic rings. The number of aromatic amines is 2. The molecule has 0 fully saturated rings. The summed E-state index contributed by atoms with van der Waals surface area (Å²) in [6, 6.07) is 66.2. The second-order valence-corrected chi connectivity index (χ2v) is 14.0. The number of hydrogen-bond acceptors (Lipinski definition) is 2. The minimum Gasteiger partial charge on any atom is -0.423 e. The lowest BCUT2D eigenvalue weighted by molar-refractivity contribution is 0.426. The first-order chi connectivity index (χ1) is 26.5. The molecule has 2 aromatic heterocycles. The van der Waals surface area contributed by atoms with Crippen LogP contribution in [0.25, 0.3) is 77.0 Å². The minimum absolute atomic E-state index is 0.509. The molecule has 0 aliphatic rings. The molecule has 2 heterocycles. The van der Waals surface area contributed by atoms with Gasteiger partial charge in [0.15, 0.2) is 0 Å². The summed E-state index contributed by atoms with van der Waals surface area (Å²) in [6.07, 6.45) is 0. The molecule has 0 saturated carbocycles. The topological polar surface area (TPSA) is 72.0 Å². The van der Waals surface area contributed by atoms with E-state index in [1.54, 1.807) is 12.1 Å². The Kier molecular flexibility index (Phi) is 10.2. The Morgan fingerprint density at radius 2 is 0.704 bits per heavy atom. The van der Waals surface area contributed by atoms with Gasteiger partial charge in [0, 0.05) is 48.1 Å². The average Bonchev–Trinajstić information content (AvgIpc) is 3.80. The SMILES string of the molecule is Brc1ccc2[nH]c3ccccc3c2c1.OB(O)c1ccc(-c2ccccc2)cc1.c1ccc(-c2ccc(-c3ccc4[nH]c5ccccc5c4c3)cc2)cc1. The quantitative estimate of drug-likeness (QED) is 0.135. The Labute approximate surface area is 322 Å². The fourth-order valence-electron chi connectivity index (χ4n) is 6.81. The normalized spacial score (nSPS) is 10.9. The molecule has 0 amide bonds. The number of hydrogen-bond donors (Lipinski definition) is 4. The molecule has 8 aromatic carbocycles. The summed E-state index contributed by atoms with van der Waals surface area (Å²) in [7, 11) is -1.39. The Morgan fingerprint density at radius 1 is 0.333 bits per heavy atom. The molecule has 0 aliphatic carbocycles. The van der Waals surface area contributed by atoms with E-state index in [1.807, 2.05) is 54.6 Å². The molecule has 0 atom stereocenters. The third-order valence-corrected chi connectivity index (χ3v) is 10.1. The van der Waals surface area contributed by atoms with Crippen molar-refractivity contribution in [1.82, 2.24) is 9.97 Å². The van der Waals surface area contributed by atoms with Crippen molar-refractivity contribution in [2.24, 2.45) is 0 Å². The number of rotatable bonds is 4. The first-order valence-electron chi connectivity index (χ1n) is 17.8. The Hall–Kier alpha value is -6.18. The predicted octanol–water partition coefficient (Wildman–Crippen LogP) is 11.8. The molecule has 10 rings (SSSR count). The predicted molar refractivity (Wildman–Crippen MR) is 232 cm³/mol. The third kappa shape index (κ3) is 7.63. The molecule has 0 saturated heterocycles. The van der Waals surface area contributed by atoms with Crippen LogP contribution in [-0.2, 0) is 0 Å². The van der Waals surface area contributed by atoms with Crippen LogP contribution in [0.3, 0.4) is 0 Å². The van der Waals surface area contributed by atoms with Gasteiger partial charge in [0.1, 0.15) is 0 Å². The smallest absolute Gasteiger partial charge is 0.423 e. The number of H-pyrrole nitrogens is 2. The van der Waals surface area contributed by atoms with Crippen molar-refractivity contribution < 1.29 is 10.0 Å². The molecule has 4 N–H and O–H groups in total. The number of para-hydroxylation sites is 2. The van der Waals surface area contributed by atoms with Gasteiger partial charge in [0.05, 0.1) is 0 Å². The molecule has 0 radical (unpaired) electrons. The highest BCUT2D eigenvalue weighted by Crippen LogP contribution is 2.31. The van der Waals surface area contributed by atoms with Crippen LogP contribution in [0.5, 0.6) is 0 Å².